The Kier molecular flexibility index (Phi) is 9.58. The smallest absolute Gasteiger partial charge is 0.341 e. The van der Waals surface area contributed by atoms with Crippen molar-refractivity contribution in [3.63, 3.8) is 0 Å². The van der Waals surface area contributed by atoms with Gasteiger partial charge in [-0.15, -0.1) is 34.4 Å². The molecule has 0 radical (unpaired) electrons. The van der Waals surface area contributed by atoms with Crippen LogP contribution in [-0.4, -0.2) is 23.4 Å². The van der Waals surface area contributed by atoms with Crippen LogP contribution in [0.4, 0.5) is 0 Å². The molecule has 2 heterocycles. The molecule has 0 saturated carbocycles. The first-order valence-electron chi connectivity index (χ1n) is 12.0. The summed E-state index contributed by atoms with van der Waals surface area (Å²) in [6, 6.07) is 30.3. The molecule has 0 bridgehead atoms. The molecule has 5 rings (SSSR count). The van der Waals surface area contributed by atoms with Crippen molar-refractivity contribution in [3.8, 4) is 26.6 Å². The summed E-state index contributed by atoms with van der Waals surface area (Å²) in [6.45, 7) is -0.436. The highest BCUT2D eigenvalue weighted by Crippen LogP contribution is 2.36. The highest BCUT2D eigenvalue weighted by atomic mass is 35.5. The van der Waals surface area contributed by atoms with E-state index in [1.807, 2.05) is 30.3 Å². The number of benzene rings is 3. The molecule has 0 aliphatic carbocycles. The first-order chi connectivity index (χ1) is 19.4. The van der Waals surface area contributed by atoms with Crippen LogP contribution in [0.1, 0.15) is 11.1 Å². The normalized spacial score (nSPS) is 10.9. The molecule has 202 valence electrons. The van der Waals surface area contributed by atoms with Gasteiger partial charge in [0.1, 0.15) is 5.75 Å². The number of carboxylic acids is 1. The Morgan fingerprint density at radius 3 is 1.77 bits per heavy atom. The third-order valence-electron chi connectivity index (χ3n) is 5.90. The predicted octanol–water partition coefficient (Wildman–Crippen LogP) is 10.8. The first kappa shape index (κ1) is 28.8. The van der Waals surface area contributed by atoms with Crippen LogP contribution in [0.5, 0.6) is 5.75 Å². The van der Waals surface area contributed by atoms with Crippen molar-refractivity contribution in [3.05, 3.63) is 122 Å². The number of ether oxygens (including phenoxy) is 1. The van der Waals surface area contributed by atoms with E-state index in [2.05, 4.69) is 54.6 Å². The van der Waals surface area contributed by atoms with Crippen molar-refractivity contribution in [2.75, 3.05) is 12.4 Å². The molecule has 3 nitrogen and oxygen atoms in total. The van der Waals surface area contributed by atoms with E-state index in [9.17, 15) is 4.79 Å². The summed E-state index contributed by atoms with van der Waals surface area (Å²) >= 11 is 23.4. The molecule has 0 amide bonds. The molecule has 0 aliphatic heterocycles. The van der Waals surface area contributed by atoms with Crippen LogP contribution < -0.4 is 4.74 Å². The van der Waals surface area contributed by atoms with Gasteiger partial charge in [-0.1, -0.05) is 89.4 Å². The molecule has 1 N–H and O–H groups in total. The minimum absolute atomic E-state index is 0.351. The lowest BCUT2D eigenvalue weighted by Crippen LogP contribution is -2.09. The van der Waals surface area contributed by atoms with Gasteiger partial charge in [-0.2, -0.15) is 0 Å². The predicted molar refractivity (Wildman–Crippen MR) is 172 cm³/mol. The van der Waals surface area contributed by atoms with Crippen molar-refractivity contribution in [1.82, 2.24) is 0 Å². The summed E-state index contributed by atoms with van der Waals surface area (Å²) in [7, 11) is 0. The van der Waals surface area contributed by atoms with Crippen LogP contribution in [0.15, 0.2) is 102 Å². The van der Waals surface area contributed by atoms with E-state index in [1.54, 1.807) is 46.6 Å². The van der Waals surface area contributed by atoms with E-state index < -0.39 is 12.6 Å². The summed E-state index contributed by atoms with van der Waals surface area (Å²) in [5, 5.41) is 9.21. The maximum atomic E-state index is 10.8. The fourth-order valence-corrected chi connectivity index (χ4v) is 7.22. The molecule has 5 aromatic rings. The van der Waals surface area contributed by atoms with Crippen LogP contribution in [0.25, 0.3) is 26.5 Å². The van der Waals surface area contributed by atoms with Crippen LogP contribution in [0.2, 0.25) is 13.7 Å². The quantitative estimate of drug-likeness (QED) is 0.154. The molecule has 0 fully saturated rings. The monoisotopic (exact) mass is 642 g/mol. The molecule has 9 heteroatoms. The van der Waals surface area contributed by atoms with Crippen molar-refractivity contribution in [2.45, 2.75) is 4.90 Å². The first-order valence-corrected chi connectivity index (χ1v) is 15.8. The molecule has 40 heavy (non-hydrogen) atoms. The fourth-order valence-electron chi connectivity index (χ4n) is 4.02. The Hall–Kier alpha value is -2.71. The molecule has 0 unspecified atom stereocenters. The van der Waals surface area contributed by atoms with E-state index in [1.165, 1.54) is 0 Å². The molecule has 0 saturated heterocycles. The summed E-state index contributed by atoms with van der Waals surface area (Å²) in [6.07, 6.45) is 2.21. The topological polar surface area (TPSA) is 46.5 Å². The standard InChI is InChI=1S/C31H21Cl3O3S3/c32-25-17-23(9-10-26(25)37-18-31(35)36)38-16-15-24(19-1-5-21(6-2-19)27-11-13-29(33)39-27)20-3-7-22(8-4-20)28-12-14-30(34)40-28/h1-15,17H,16,18H2,(H,35,36). The Labute approximate surface area is 259 Å². The molecular formula is C31H21Cl3O3S3. The lowest BCUT2D eigenvalue weighted by molar-refractivity contribution is -0.139. The van der Waals surface area contributed by atoms with Gasteiger partial charge >= 0.3 is 5.97 Å². The third kappa shape index (κ3) is 7.32. The maximum absolute atomic E-state index is 10.8. The lowest BCUT2D eigenvalue weighted by atomic mass is 9.95. The Morgan fingerprint density at radius 1 is 0.775 bits per heavy atom. The highest BCUT2D eigenvalue weighted by molar-refractivity contribution is 7.99. The molecule has 0 atom stereocenters. The second-order valence-corrected chi connectivity index (χ2v) is 13.5. The number of aliphatic carboxylic acids is 1. The number of rotatable bonds is 10. The van der Waals surface area contributed by atoms with E-state index >= 15 is 0 Å². The lowest BCUT2D eigenvalue weighted by Gasteiger charge is -2.11. The summed E-state index contributed by atoms with van der Waals surface area (Å²) < 4.78 is 6.77. The van der Waals surface area contributed by atoms with Gasteiger partial charge in [0.2, 0.25) is 0 Å². The average molecular weight is 644 g/mol. The van der Waals surface area contributed by atoms with Crippen molar-refractivity contribution in [1.29, 1.82) is 0 Å². The van der Waals surface area contributed by atoms with Gasteiger partial charge in [-0.05, 0) is 70.3 Å². The van der Waals surface area contributed by atoms with E-state index in [4.69, 9.17) is 44.6 Å². The van der Waals surface area contributed by atoms with E-state index in [-0.39, 0.29) is 0 Å². The van der Waals surface area contributed by atoms with E-state index in [0.29, 0.717) is 16.5 Å². The number of thioether (sulfide) groups is 1. The highest BCUT2D eigenvalue weighted by Gasteiger charge is 2.10. The SMILES string of the molecule is O=C(O)COc1ccc(SCC=C(c2ccc(-c3ccc(Cl)s3)cc2)c2ccc(-c3ccc(Cl)s3)cc2)cc1Cl. The Bertz CT molecular complexity index is 1570. The van der Waals surface area contributed by atoms with Crippen molar-refractivity contribution >= 4 is 80.8 Å². The number of carbonyl (C=O) groups is 1. The zero-order valence-electron chi connectivity index (χ0n) is 20.8. The van der Waals surface area contributed by atoms with Crippen molar-refractivity contribution in [2.24, 2.45) is 0 Å². The minimum Gasteiger partial charge on any atom is -0.480 e. The number of thiophene rings is 2. The Morgan fingerprint density at radius 2 is 1.32 bits per heavy atom. The zero-order valence-corrected chi connectivity index (χ0v) is 25.5. The van der Waals surface area contributed by atoms with Gasteiger partial charge in [0, 0.05) is 20.4 Å². The van der Waals surface area contributed by atoms with Crippen molar-refractivity contribution < 1.29 is 14.6 Å². The number of hydrogen-bond acceptors (Lipinski definition) is 5. The Balaban J connectivity index is 1.39. The molecular weight excluding hydrogens is 623 g/mol. The maximum Gasteiger partial charge on any atom is 0.341 e. The van der Waals surface area contributed by atoms with Crippen LogP contribution in [0, 0.1) is 0 Å². The summed E-state index contributed by atoms with van der Waals surface area (Å²) in [4.78, 5) is 14.0. The van der Waals surface area contributed by atoms with Gasteiger partial charge in [0.15, 0.2) is 6.61 Å². The minimum atomic E-state index is -1.05. The van der Waals surface area contributed by atoms with Gasteiger partial charge in [-0.3, -0.25) is 0 Å². The van der Waals surface area contributed by atoms with E-state index in [0.717, 1.165) is 51.1 Å². The fraction of sp³-hybridized carbons (Fsp3) is 0.0645. The number of carboxylic acid groups (broad SMARTS) is 1. The van der Waals surface area contributed by atoms with Crippen LogP contribution in [0.3, 0.4) is 0 Å². The number of halogens is 3. The second kappa shape index (κ2) is 13.3. The van der Waals surface area contributed by atoms with Gasteiger partial charge in [0.25, 0.3) is 0 Å². The zero-order chi connectivity index (χ0) is 28.1. The van der Waals surface area contributed by atoms with Gasteiger partial charge in [-0.25, -0.2) is 4.79 Å². The molecule has 3 aromatic carbocycles. The summed E-state index contributed by atoms with van der Waals surface area (Å²) in [5.74, 6) is 0.00136. The molecule has 2 aromatic heterocycles. The average Bonchev–Trinajstić information content (AvgIpc) is 3.59. The third-order valence-corrected chi connectivity index (χ3v) is 9.68. The molecule has 0 aliphatic rings. The molecule has 0 spiro atoms. The van der Waals surface area contributed by atoms with Crippen LogP contribution in [-0.2, 0) is 4.79 Å². The second-order valence-electron chi connectivity index (χ2n) is 8.57. The van der Waals surface area contributed by atoms with Gasteiger partial charge in [0.05, 0.1) is 13.7 Å². The number of hydrogen-bond donors (Lipinski definition) is 1. The van der Waals surface area contributed by atoms with Gasteiger partial charge < -0.3 is 9.84 Å². The summed E-state index contributed by atoms with van der Waals surface area (Å²) in [5.41, 5.74) is 5.58. The largest absolute Gasteiger partial charge is 0.480 e. The van der Waals surface area contributed by atoms with Crippen LogP contribution >= 0.6 is 69.2 Å².